The van der Waals surface area contributed by atoms with Crippen LogP contribution in [0.2, 0.25) is 0 Å². The Hall–Kier alpha value is -1.29. The van der Waals surface area contributed by atoms with Gasteiger partial charge in [-0.05, 0) is 31.4 Å². The van der Waals surface area contributed by atoms with Gasteiger partial charge >= 0.3 is 0 Å². The molecule has 16 heavy (non-hydrogen) atoms. The topological polar surface area (TPSA) is 34.4 Å². The summed E-state index contributed by atoms with van der Waals surface area (Å²) < 4.78 is 1.80. The first-order valence-corrected chi connectivity index (χ1v) is 6.47. The van der Waals surface area contributed by atoms with E-state index in [-0.39, 0.29) is 0 Å². The molecule has 0 bridgehead atoms. The zero-order chi connectivity index (χ0) is 12.1. The van der Waals surface area contributed by atoms with Crippen molar-refractivity contribution < 1.29 is 4.79 Å². The van der Waals surface area contributed by atoms with Crippen LogP contribution in [0.4, 0.5) is 0 Å². The number of pyridine rings is 1. The van der Waals surface area contributed by atoms with E-state index in [0.717, 1.165) is 22.5 Å². The fraction of sp³-hybridized carbons (Fsp3) is 0.333. The van der Waals surface area contributed by atoms with E-state index in [0.29, 0.717) is 5.56 Å². The Balaban J connectivity index is 0.000000606. The molecule has 0 aliphatic carbocycles. The van der Waals surface area contributed by atoms with Gasteiger partial charge in [0.2, 0.25) is 0 Å². The number of hydrogen-bond donors (Lipinski definition) is 0. The maximum Gasteiger partial charge on any atom is 0.152 e. The molecule has 0 amide bonds. The van der Waals surface area contributed by atoms with Gasteiger partial charge < -0.3 is 0 Å². The van der Waals surface area contributed by atoms with E-state index in [1.807, 2.05) is 45.2 Å². The van der Waals surface area contributed by atoms with Gasteiger partial charge in [-0.1, -0.05) is 13.8 Å². The monoisotopic (exact) mass is 236 g/mol. The van der Waals surface area contributed by atoms with Crippen LogP contribution in [0.15, 0.2) is 23.2 Å². The first-order valence-electron chi connectivity index (χ1n) is 5.25. The maximum absolute atomic E-state index is 10.8. The third-order valence-electron chi connectivity index (χ3n) is 2.16. The quantitative estimate of drug-likeness (QED) is 0.593. The third kappa shape index (κ3) is 2.27. The fourth-order valence-corrected chi connectivity index (χ4v) is 1.79. The molecule has 0 N–H and O–H groups in total. The van der Waals surface area contributed by atoms with Gasteiger partial charge in [0.1, 0.15) is 5.03 Å². The molecular weight excluding hydrogens is 220 g/mol. The van der Waals surface area contributed by atoms with E-state index < -0.39 is 0 Å². The lowest BCUT2D eigenvalue weighted by molar-refractivity contribution is 0.112. The summed E-state index contributed by atoms with van der Waals surface area (Å²) in [4.78, 5) is 10.8. The molecule has 0 fully saturated rings. The van der Waals surface area contributed by atoms with Crippen molar-refractivity contribution in [2.45, 2.75) is 25.8 Å². The number of carbonyl (C=O) groups excluding carboxylic acids is 1. The van der Waals surface area contributed by atoms with Gasteiger partial charge in [-0.3, -0.25) is 4.79 Å². The highest BCUT2D eigenvalue weighted by Gasteiger charge is 2.06. The Kier molecular flexibility index (Phi) is 4.55. The summed E-state index contributed by atoms with van der Waals surface area (Å²) in [6.45, 7) is 5.97. The number of fused-ring (bicyclic) bond motifs is 1. The molecule has 2 heterocycles. The van der Waals surface area contributed by atoms with Gasteiger partial charge in [-0.2, -0.15) is 5.10 Å². The average molecular weight is 236 g/mol. The highest BCUT2D eigenvalue weighted by Crippen LogP contribution is 2.19. The van der Waals surface area contributed by atoms with E-state index in [1.54, 1.807) is 16.3 Å². The van der Waals surface area contributed by atoms with E-state index in [9.17, 15) is 4.79 Å². The van der Waals surface area contributed by atoms with Crippen molar-refractivity contribution in [1.82, 2.24) is 9.61 Å². The van der Waals surface area contributed by atoms with E-state index in [1.165, 1.54) is 0 Å². The number of nitrogens with zero attached hydrogens (tertiary/aromatic N) is 2. The van der Waals surface area contributed by atoms with Gasteiger partial charge in [0.05, 0.1) is 5.52 Å². The molecule has 0 radical (unpaired) electrons. The molecule has 0 aliphatic heterocycles. The van der Waals surface area contributed by atoms with Crippen LogP contribution in [0, 0.1) is 6.92 Å². The summed E-state index contributed by atoms with van der Waals surface area (Å²) in [5.74, 6) is 0. The molecule has 86 valence electrons. The molecule has 2 aromatic heterocycles. The van der Waals surface area contributed by atoms with Crippen molar-refractivity contribution in [3.05, 3.63) is 29.5 Å². The zero-order valence-corrected chi connectivity index (χ0v) is 10.8. The normalized spacial score (nSPS) is 9.75. The van der Waals surface area contributed by atoms with E-state index >= 15 is 0 Å². The molecule has 0 aliphatic rings. The second kappa shape index (κ2) is 5.70. The smallest absolute Gasteiger partial charge is 0.152 e. The van der Waals surface area contributed by atoms with Crippen LogP contribution in [-0.2, 0) is 0 Å². The highest BCUT2D eigenvalue weighted by molar-refractivity contribution is 7.98. The molecule has 0 aromatic carbocycles. The zero-order valence-electron chi connectivity index (χ0n) is 10.0. The number of aryl methyl sites for hydroxylation is 1. The molecule has 0 spiro atoms. The molecule has 3 nitrogen and oxygen atoms in total. The lowest BCUT2D eigenvalue weighted by atomic mass is 10.2. The van der Waals surface area contributed by atoms with Crippen LogP contribution in [0.5, 0.6) is 0 Å². The highest BCUT2D eigenvalue weighted by atomic mass is 32.2. The summed E-state index contributed by atoms with van der Waals surface area (Å²) in [5, 5.41) is 5.29. The minimum Gasteiger partial charge on any atom is -0.298 e. The van der Waals surface area contributed by atoms with E-state index in [2.05, 4.69) is 5.10 Å². The summed E-state index contributed by atoms with van der Waals surface area (Å²) >= 11 is 1.57. The van der Waals surface area contributed by atoms with Crippen LogP contribution >= 0.6 is 11.8 Å². The van der Waals surface area contributed by atoms with Crippen LogP contribution in [0.1, 0.15) is 29.9 Å². The van der Waals surface area contributed by atoms with Crippen LogP contribution in [-0.4, -0.2) is 22.2 Å². The Bertz CT molecular complexity index is 491. The van der Waals surface area contributed by atoms with Gasteiger partial charge in [0.25, 0.3) is 0 Å². The Labute approximate surface area is 99.9 Å². The SMILES string of the molecule is CC.CSc1cc2c(C=O)ccc(C)n2n1. The predicted molar refractivity (Wildman–Crippen MR) is 68.4 cm³/mol. The molecule has 4 heteroatoms. The predicted octanol–water partition coefficient (Wildman–Crippen LogP) is 3.20. The lowest BCUT2D eigenvalue weighted by Crippen LogP contribution is -1.95. The Morgan fingerprint density at radius 2 is 2.06 bits per heavy atom. The van der Waals surface area contributed by atoms with E-state index in [4.69, 9.17) is 0 Å². The largest absolute Gasteiger partial charge is 0.298 e. The van der Waals surface area contributed by atoms with Gasteiger partial charge in [-0.15, -0.1) is 11.8 Å². The fourth-order valence-electron chi connectivity index (χ4n) is 1.40. The van der Waals surface area contributed by atoms with Gasteiger partial charge in [0.15, 0.2) is 6.29 Å². The molecular formula is C12H16N2OS. The average Bonchev–Trinajstić information content (AvgIpc) is 2.77. The second-order valence-corrected chi connectivity index (χ2v) is 3.86. The summed E-state index contributed by atoms with van der Waals surface area (Å²) in [6.07, 6.45) is 2.83. The van der Waals surface area contributed by atoms with Crippen LogP contribution in [0.25, 0.3) is 5.52 Å². The van der Waals surface area contributed by atoms with Crippen molar-refractivity contribution in [2.24, 2.45) is 0 Å². The van der Waals surface area contributed by atoms with Gasteiger partial charge in [0, 0.05) is 11.3 Å². The molecule has 2 aromatic rings. The summed E-state index contributed by atoms with van der Waals surface area (Å²) in [6, 6.07) is 5.65. The maximum atomic E-state index is 10.8. The van der Waals surface area contributed by atoms with Crippen molar-refractivity contribution in [1.29, 1.82) is 0 Å². The minimum absolute atomic E-state index is 0.684. The van der Waals surface area contributed by atoms with Crippen LogP contribution < -0.4 is 0 Å². The Morgan fingerprint density at radius 1 is 1.38 bits per heavy atom. The standard InChI is InChI=1S/C10H10N2OS.C2H6/c1-7-3-4-8(6-13)9-5-10(14-2)11-12(7)9;1-2/h3-6H,1-2H3;1-2H3. The van der Waals surface area contributed by atoms with Crippen molar-refractivity contribution in [3.63, 3.8) is 0 Å². The van der Waals surface area contributed by atoms with Crippen molar-refractivity contribution >= 4 is 23.6 Å². The molecule has 0 saturated carbocycles. The molecule has 0 saturated heterocycles. The number of hydrogen-bond acceptors (Lipinski definition) is 3. The summed E-state index contributed by atoms with van der Waals surface area (Å²) in [7, 11) is 0. The molecule has 0 unspecified atom stereocenters. The first kappa shape index (κ1) is 12.8. The second-order valence-electron chi connectivity index (χ2n) is 3.03. The number of thioether (sulfide) groups is 1. The third-order valence-corrected chi connectivity index (χ3v) is 2.77. The van der Waals surface area contributed by atoms with Crippen molar-refractivity contribution in [3.8, 4) is 0 Å². The number of aldehydes is 1. The minimum atomic E-state index is 0.684. The number of aromatic nitrogens is 2. The first-order chi connectivity index (χ1) is 7.76. The number of carbonyl (C=O) groups is 1. The Morgan fingerprint density at radius 3 is 2.62 bits per heavy atom. The summed E-state index contributed by atoms with van der Waals surface area (Å²) in [5.41, 5.74) is 2.60. The molecule has 0 atom stereocenters. The van der Waals surface area contributed by atoms with Crippen LogP contribution in [0.3, 0.4) is 0 Å². The number of rotatable bonds is 2. The van der Waals surface area contributed by atoms with Gasteiger partial charge in [-0.25, -0.2) is 4.52 Å². The molecule has 2 rings (SSSR count). The van der Waals surface area contributed by atoms with Crippen molar-refractivity contribution in [2.75, 3.05) is 6.26 Å². The lowest BCUT2D eigenvalue weighted by Gasteiger charge is -1.99.